The molecule has 0 amide bonds. The van der Waals surface area contributed by atoms with Gasteiger partial charge in [0.25, 0.3) is 0 Å². The zero-order valence-electron chi connectivity index (χ0n) is 22.6. The quantitative estimate of drug-likeness (QED) is 0.0845. The molecule has 0 fully saturated rings. The Morgan fingerprint density at radius 1 is 0.412 bits per heavy atom. The van der Waals surface area contributed by atoms with Crippen molar-refractivity contribution in [2.75, 3.05) is 59.5 Å². The molecule has 0 aromatic rings. The summed E-state index contributed by atoms with van der Waals surface area (Å²) in [5.41, 5.74) is 0. The summed E-state index contributed by atoms with van der Waals surface area (Å²) >= 11 is 0. The zero-order valence-corrected chi connectivity index (χ0v) is 22.6. The van der Waals surface area contributed by atoms with Crippen LogP contribution in [0, 0.1) is 0 Å². The lowest BCUT2D eigenvalue weighted by molar-refractivity contribution is -0.145. The number of carbonyl (C=O) groups excluding carboxylic acids is 1. The molecule has 0 aromatic heterocycles. The molecule has 0 heterocycles. The van der Waals surface area contributed by atoms with E-state index in [1.54, 1.807) is 0 Å². The summed E-state index contributed by atoms with van der Waals surface area (Å²) in [7, 11) is 0. The molecule has 0 saturated carbocycles. The van der Waals surface area contributed by atoms with E-state index in [2.05, 4.69) is 13.8 Å². The van der Waals surface area contributed by atoms with Crippen LogP contribution in [0.15, 0.2) is 0 Å². The van der Waals surface area contributed by atoms with E-state index in [0.29, 0.717) is 59.3 Å². The van der Waals surface area contributed by atoms with Gasteiger partial charge < -0.3 is 23.7 Å². The summed E-state index contributed by atoms with van der Waals surface area (Å²) in [6.07, 6.45) is 19.5. The predicted octanol–water partition coefficient (Wildman–Crippen LogP) is 6.88. The van der Waals surface area contributed by atoms with E-state index in [4.69, 9.17) is 23.7 Å². The van der Waals surface area contributed by atoms with Crippen molar-refractivity contribution in [2.24, 2.45) is 0 Å². The van der Waals surface area contributed by atoms with E-state index in [1.165, 1.54) is 77.0 Å². The first-order chi connectivity index (χ1) is 16.8. The Labute approximate surface area is 210 Å². The first-order valence-corrected chi connectivity index (χ1v) is 14.3. The number of hydrogen-bond acceptors (Lipinski definition) is 6. The largest absolute Gasteiger partial charge is 0.463 e. The molecule has 6 nitrogen and oxygen atoms in total. The molecule has 0 bridgehead atoms. The molecular formula is C28H56O6. The van der Waals surface area contributed by atoms with Crippen LogP contribution in [-0.4, -0.2) is 65.4 Å². The molecule has 0 rings (SSSR count). The van der Waals surface area contributed by atoms with Crippen molar-refractivity contribution < 1.29 is 28.5 Å². The molecule has 0 aliphatic rings. The molecule has 0 atom stereocenters. The minimum atomic E-state index is -0.115. The lowest BCUT2D eigenvalue weighted by atomic mass is 10.1. The van der Waals surface area contributed by atoms with Crippen molar-refractivity contribution >= 4 is 5.97 Å². The number of esters is 1. The first kappa shape index (κ1) is 33.3. The minimum absolute atomic E-state index is 0.115. The second-order valence-electron chi connectivity index (χ2n) is 9.02. The zero-order chi connectivity index (χ0) is 24.8. The van der Waals surface area contributed by atoms with Gasteiger partial charge in [-0.15, -0.1) is 0 Å². The molecule has 0 radical (unpaired) electrons. The standard InChI is InChI=1S/C28H56O6/c1-3-5-7-9-11-12-13-14-16-18-28(29)34-27-26-33-25-24-32-23-22-31-21-20-30-19-17-15-10-8-6-4-2/h3-27H2,1-2H3. The Kier molecular flexibility index (Phi) is 29.7. The van der Waals surface area contributed by atoms with Gasteiger partial charge in [0, 0.05) is 13.0 Å². The van der Waals surface area contributed by atoms with Crippen molar-refractivity contribution in [1.82, 2.24) is 0 Å². The second kappa shape index (κ2) is 30.3. The SMILES string of the molecule is CCCCCCCCCCCC(=O)OCCOCCOCCOCCOCCCCCCCC. The lowest BCUT2D eigenvalue weighted by Gasteiger charge is -2.08. The van der Waals surface area contributed by atoms with E-state index in [9.17, 15) is 4.79 Å². The number of rotatable bonds is 29. The molecule has 0 unspecified atom stereocenters. The molecule has 0 aliphatic carbocycles. The third kappa shape index (κ3) is 29.3. The molecule has 0 saturated heterocycles. The third-order valence-electron chi connectivity index (χ3n) is 5.73. The Morgan fingerprint density at radius 2 is 0.765 bits per heavy atom. The predicted molar refractivity (Wildman–Crippen MR) is 139 cm³/mol. The summed E-state index contributed by atoms with van der Waals surface area (Å²) in [5.74, 6) is -0.115. The van der Waals surface area contributed by atoms with Crippen LogP contribution in [0.5, 0.6) is 0 Å². The van der Waals surface area contributed by atoms with E-state index in [-0.39, 0.29) is 5.97 Å². The average Bonchev–Trinajstić information content (AvgIpc) is 2.84. The maximum absolute atomic E-state index is 11.7. The fraction of sp³-hybridized carbons (Fsp3) is 0.964. The van der Waals surface area contributed by atoms with Gasteiger partial charge in [-0.2, -0.15) is 0 Å². The van der Waals surface area contributed by atoms with Crippen molar-refractivity contribution in [3.8, 4) is 0 Å². The van der Waals surface area contributed by atoms with Crippen LogP contribution >= 0.6 is 0 Å². The van der Waals surface area contributed by atoms with Gasteiger partial charge in [-0.1, -0.05) is 97.3 Å². The molecule has 204 valence electrons. The smallest absolute Gasteiger partial charge is 0.305 e. The highest BCUT2D eigenvalue weighted by Gasteiger charge is 2.02. The summed E-state index contributed by atoms with van der Waals surface area (Å²) in [5, 5.41) is 0. The van der Waals surface area contributed by atoms with Crippen LogP contribution in [0.3, 0.4) is 0 Å². The first-order valence-electron chi connectivity index (χ1n) is 14.3. The molecule has 0 N–H and O–H groups in total. The van der Waals surface area contributed by atoms with Gasteiger partial charge in [0.1, 0.15) is 6.61 Å². The summed E-state index contributed by atoms with van der Waals surface area (Å²) in [6, 6.07) is 0. The Balaban J connectivity index is 3.12. The van der Waals surface area contributed by atoms with Gasteiger partial charge in [-0.05, 0) is 12.8 Å². The molecule has 0 aliphatic heterocycles. The fourth-order valence-electron chi connectivity index (χ4n) is 3.61. The molecule has 0 spiro atoms. The average molecular weight is 489 g/mol. The maximum atomic E-state index is 11.7. The summed E-state index contributed by atoms with van der Waals surface area (Å²) in [6.45, 7) is 9.44. The topological polar surface area (TPSA) is 63.2 Å². The second-order valence-corrected chi connectivity index (χ2v) is 9.02. The van der Waals surface area contributed by atoms with Crippen molar-refractivity contribution in [3.05, 3.63) is 0 Å². The maximum Gasteiger partial charge on any atom is 0.305 e. The third-order valence-corrected chi connectivity index (χ3v) is 5.73. The van der Waals surface area contributed by atoms with E-state index in [1.807, 2.05) is 0 Å². The van der Waals surface area contributed by atoms with E-state index in [0.717, 1.165) is 25.9 Å². The Morgan fingerprint density at radius 3 is 1.24 bits per heavy atom. The lowest BCUT2D eigenvalue weighted by Crippen LogP contribution is -2.14. The van der Waals surface area contributed by atoms with Crippen LogP contribution in [0.1, 0.15) is 117 Å². The molecule has 0 aromatic carbocycles. The number of carbonyl (C=O) groups is 1. The molecule has 34 heavy (non-hydrogen) atoms. The number of hydrogen-bond donors (Lipinski definition) is 0. The van der Waals surface area contributed by atoms with Crippen molar-refractivity contribution in [2.45, 2.75) is 117 Å². The normalized spacial score (nSPS) is 11.2. The van der Waals surface area contributed by atoms with E-state index >= 15 is 0 Å². The van der Waals surface area contributed by atoms with Gasteiger partial charge in [0.05, 0.1) is 46.2 Å². The van der Waals surface area contributed by atoms with Gasteiger partial charge in [0.15, 0.2) is 0 Å². The van der Waals surface area contributed by atoms with Crippen LogP contribution < -0.4 is 0 Å². The summed E-state index contributed by atoms with van der Waals surface area (Å²) < 4.78 is 27.2. The van der Waals surface area contributed by atoms with Crippen LogP contribution in [0.25, 0.3) is 0 Å². The Bertz CT molecular complexity index is 391. The summed E-state index contributed by atoms with van der Waals surface area (Å²) in [4.78, 5) is 11.7. The molecule has 6 heteroatoms. The van der Waals surface area contributed by atoms with Crippen LogP contribution in [-0.2, 0) is 28.5 Å². The van der Waals surface area contributed by atoms with Crippen molar-refractivity contribution in [3.63, 3.8) is 0 Å². The monoisotopic (exact) mass is 488 g/mol. The minimum Gasteiger partial charge on any atom is -0.463 e. The Hall–Kier alpha value is -0.690. The highest BCUT2D eigenvalue weighted by molar-refractivity contribution is 5.69. The van der Waals surface area contributed by atoms with E-state index < -0.39 is 0 Å². The number of ether oxygens (including phenoxy) is 5. The van der Waals surface area contributed by atoms with Gasteiger partial charge >= 0.3 is 5.97 Å². The molecular weight excluding hydrogens is 432 g/mol. The number of unbranched alkanes of at least 4 members (excludes halogenated alkanes) is 13. The van der Waals surface area contributed by atoms with Gasteiger partial charge in [-0.25, -0.2) is 0 Å². The highest BCUT2D eigenvalue weighted by Crippen LogP contribution is 2.10. The van der Waals surface area contributed by atoms with Crippen LogP contribution in [0.4, 0.5) is 0 Å². The van der Waals surface area contributed by atoms with Gasteiger partial charge in [0.2, 0.25) is 0 Å². The van der Waals surface area contributed by atoms with Crippen molar-refractivity contribution in [1.29, 1.82) is 0 Å². The van der Waals surface area contributed by atoms with Gasteiger partial charge in [-0.3, -0.25) is 4.79 Å². The highest BCUT2D eigenvalue weighted by atomic mass is 16.6. The van der Waals surface area contributed by atoms with Crippen LogP contribution in [0.2, 0.25) is 0 Å². The fourth-order valence-corrected chi connectivity index (χ4v) is 3.61.